The number of aromatic hydroxyl groups is 2. The van der Waals surface area contributed by atoms with Gasteiger partial charge in [-0.05, 0) is 47.5 Å². The van der Waals surface area contributed by atoms with Crippen molar-refractivity contribution in [3.8, 4) is 11.5 Å². The SMILES string of the molecule is Oc1cc(C(F)(F)F)cc(C(c2cc(O)cc(C(F)(F)F)c2)(C(F)(F)F)C(F)(F)F)c1. The van der Waals surface area contributed by atoms with E-state index in [0.29, 0.717) is 0 Å². The first-order valence-corrected chi connectivity index (χ1v) is 7.68. The average Bonchev–Trinajstić information content (AvgIpc) is 2.49. The largest absolute Gasteiger partial charge is 0.508 e. The Morgan fingerprint density at radius 2 is 0.677 bits per heavy atom. The van der Waals surface area contributed by atoms with Gasteiger partial charge in [0.1, 0.15) is 11.5 Å². The maximum Gasteiger partial charge on any atom is 0.416 e. The summed E-state index contributed by atoms with van der Waals surface area (Å²) in [5.74, 6) is -3.31. The molecule has 0 heterocycles. The first-order chi connectivity index (χ1) is 13.7. The fourth-order valence-electron chi connectivity index (χ4n) is 2.96. The zero-order valence-corrected chi connectivity index (χ0v) is 14.4. The smallest absolute Gasteiger partial charge is 0.416 e. The van der Waals surface area contributed by atoms with Gasteiger partial charge in [-0.25, -0.2) is 0 Å². The van der Waals surface area contributed by atoms with Gasteiger partial charge in [-0.15, -0.1) is 0 Å². The monoisotopic (exact) mass is 472 g/mol. The number of benzene rings is 2. The van der Waals surface area contributed by atoms with Crippen molar-refractivity contribution >= 4 is 0 Å². The molecule has 0 aliphatic heterocycles. The summed E-state index contributed by atoms with van der Waals surface area (Å²) in [7, 11) is 0. The lowest BCUT2D eigenvalue weighted by molar-refractivity contribution is -0.288. The number of rotatable bonds is 2. The van der Waals surface area contributed by atoms with Gasteiger partial charge in [-0.1, -0.05) is 0 Å². The van der Waals surface area contributed by atoms with Crippen molar-refractivity contribution in [2.24, 2.45) is 0 Å². The van der Waals surface area contributed by atoms with Crippen LogP contribution in [0.1, 0.15) is 22.3 Å². The van der Waals surface area contributed by atoms with E-state index in [1.165, 1.54) is 0 Å². The Hall–Kier alpha value is -2.80. The molecule has 0 bridgehead atoms. The minimum Gasteiger partial charge on any atom is -0.508 e. The number of phenolic OH excluding ortho intramolecular Hbond substituents is 2. The maximum atomic E-state index is 13.9. The van der Waals surface area contributed by atoms with Crippen LogP contribution >= 0.6 is 0 Å². The summed E-state index contributed by atoms with van der Waals surface area (Å²) in [6.45, 7) is 0. The molecule has 172 valence electrons. The number of hydrogen-bond acceptors (Lipinski definition) is 2. The van der Waals surface area contributed by atoms with E-state index in [9.17, 15) is 62.9 Å². The Morgan fingerprint density at radius 1 is 0.419 bits per heavy atom. The summed E-state index contributed by atoms with van der Waals surface area (Å²) < 4.78 is 161. The highest BCUT2D eigenvalue weighted by Crippen LogP contribution is 2.58. The van der Waals surface area contributed by atoms with Crippen LogP contribution in [0.3, 0.4) is 0 Å². The minimum atomic E-state index is -6.56. The molecule has 31 heavy (non-hydrogen) atoms. The average molecular weight is 472 g/mol. The quantitative estimate of drug-likeness (QED) is 0.487. The first kappa shape index (κ1) is 24.5. The molecule has 0 aromatic heterocycles. The van der Waals surface area contributed by atoms with Gasteiger partial charge in [0.25, 0.3) is 0 Å². The summed E-state index contributed by atoms with van der Waals surface area (Å²) in [6.07, 6.45) is -24.1. The first-order valence-electron chi connectivity index (χ1n) is 7.68. The second-order valence-corrected chi connectivity index (χ2v) is 6.28. The summed E-state index contributed by atoms with van der Waals surface area (Å²) in [4.78, 5) is 0. The molecule has 0 unspecified atom stereocenters. The molecule has 0 aliphatic rings. The highest BCUT2D eigenvalue weighted by atomic mass is 19.4. The van der Waals surface area contributed by atoms with Crippen molar-refractivity contribution in [3.63, 3.8) is 0 Å². The third kappa shape index (κ3) is 4.32. The van der Waals surface area contributed by atoms with Gasteiger partial charge in [0.15, 0.2) is 0 Å². The van der Waals surface area contributed by atoms with Gasteiger partial charge in [0, 0.05) is 0 Å². The van der Waals surface area contributed by atoms with Crippen molar-refractivity contribution in [1.29, 1.82) is 0 Å². The molecular formula is C17H8F12O2. The van der Waals surface area contributed by atoms with E-state index in [1.807, 2.05) is 0 Å². The third-order valence-corrected chi connectivity index (χ3v) is 4.21. The Labute approximate surface area is 164 Å². The van der Waals surface area contributed by atoms with E-state index in [1.54, 1.807) is 0 Å². The van der Waals surface area contributed by atoms with Gasteiger partial charge < -0.3 is 10.2 Å². The second-order valence-electron chi connectivity index (χ2n) is 6.28. The predicted molar refractivity (Wildman–Crippen MR) is 79.1 cm³/mol. The van der Waals surface area contributed by atoms with Crippen molar-refractivity contribution < 1.29 is 62.9 Å². The summed E-state index contributed by atoms with van der Waals surface area (Å²) in [5.41, 5.74) is -14.2. The molecule has 14 heteroatoms. The van der Waals surface area contributed by atoms with Crippen LogP contribution in [0.25, 0.3) is 0 Å². The van der Waals surface area contributed by atoms with E-state index in [2.05, 4.69) is 0 Å². The minimum absolute atomic E-state index is 0.162. The molecule has 0 radical (unpaired) electrons. The van der Waals surface area contributed by atoms with Gasteiger partial charge >= 0.3 is 24.7 Å². The number of alkyl halides is 12. The lowest BCUT2D eigenvalue weighted by Crippen LogP contribution is -2.55. The van der Waals surface area contributed by atoms with Crippen LogP contribution < -0.4 is 0 Å². The van der Waals surface area contributed by atoms with Gasteiger partial charge in [-0.2, -0.15) is 52.7 Å². The molecular weight excluding hydrogens is 464 g/mol. The predicted octanol–water partition coefficient (Wildman–Crippen LogP) is 6.55. The molecule has 2 aromatic carbocycles. The van der Waals surface area contributed by atoms with Crippen LogP contribution in [0.5, 0.6) is 11.5 Å². The molecule has 0 spiro atoms. The Balaban J connectivity index is 3.09. The summed E-state index contributed by atoms with van der Waals surface area (Å²) in [6, 6.07) is -2.09. The van der Waals surface area contributed by atoms with Crippen LogP contribution in [-0.4, -0.2) is 22.6 Å². The van der Waals surface area contributed by atoms with Crippen LogP contribution in [0.2, 0.25) is 0 Å². The van der Waals surface area contributed by atoms with Crippen LogP contribution in [0, 0.1) is 0 Å². The fourth-order valence-corrected chi connectivity index (χ4v) is 2.96. The fraction of sp³-hybridized carbons (Fsp3) is 0.294. The van der Waals surface area contributed by atoms with Crippen molar-refractivity contribution in [2.75, 3.05) is 0 Å². The highest BCUT2D eigenvalue weighted by Gasteiger charge is 2.73. The molecule has 0 aliphatic carbocycles. The second kappa shape index (κ2) is 7.12. The lowest BCUT2D eigenvalue weighted by atomic mass is 9.72. The molecule has 0 saturated heterocycles. The van der Waals surface area contributed by atoms with Crippen LogP contribution in [0.4, 0.5) is 52.7 Å². The third-order valence-electron chi connectivity index (χ3n) is 4.21. The molecule has 0 fully saturated rings. The molecule has 0 amide bonds. The van der Waals surface area contributed by atoms with Gasteiger partial charge in [0.05, 0.1) is 11.1 Å². The summed E-state index contributed by atoms with van der Waals surface area (Å²) in [5, 5.41) is 18.7. The Kier molecular flexibility index (Phi) is 5.62. The molecule has 0 saturated carbocycles. The molecule has 2 N–H and O–H groups in total. The zero-order chi connectivity index (χ0) is 24.2. The topological polar surface area (TPSA) is 40.5 Å². The maximum absolute atomic E-state index is 13.9. The number of hydrogen-bond donors (Lipinski definition) is 2. The van der Waals surface area contributed by atoms with Crippen molar-refractivity contribution in [1.82, 2.24) is 0 Å². The van der Waals surface area contributed by atoms with Crippen molar-refractivity contribution in [2.45, 2.75) is 30.1 Å². The normalized spacial score (nSPS) is 14.1. The lowest BCUT2D eigenvalue weighted by Gasteiger charge is -2.39. The molecule has 2 aromatic rings. The van der Waals surface area contributed by atoms with Crippen LogP contribution in [0.15, 0.2) is 36.4 Å². The van der Waals surface area contributed by atoms with Crippen LogP contribution in [-0.2, 0) is 17.8 Å². The molecule has 2 rings (SSSR count). The van der Waals surface area contributed by atoms with Gasteiger partial charge in [0.2, 0.25) is 5.41 Å². The van der Waals surface area contributed by atoms with E-state index in [-0.39, 0.29) is 24.3 Å². The van der Waals surface area contributed by atoms with Gasteiger partial charge in [-0.3, -0.25) is 0 Å². The summed E-state index contributed by atoms with van der Waals surface area (Å²) >= 11 is 0. The Bertz CT molecular complexity index is 888. The van der Waals surface area contributed by atoms with Crippen molar-refractivity contribution in [3.05, 3.63) is 58.7 Å². The van der Waals surface area contributed by atoms with E-state index in [4.69, 9.17) is 0 Å². The number of halogens is 12. The molecule has 2 nitrogen and oxygen atoms in total. The number of phenols is 2. The zero-order valence-electron chi connectivity index (χ0n) is 14.4. The Morgan fingerprint density at radius 3 is 0.903 bits per heavy atom. The standard InChI is InChI=1S/C17H8F12O2/c18-14(19,20)9-1-7(3-11(30)5-9)13(16(24,25)26,17(27,28)29)8-2-10(15(21,22)23)6-12(31)4-8/h1-6,30-31H. The molecule has 0 atom stereocenters. The van der Waals surface area contributed by atoms with E-state index in [0.717, 1.165) is 0 Å². The van der Waals surface area contributed by atoms with E-state index < -0.39 is 76.0 Å². The highest BCUT2D eigenvalue weighted by molar-refractivity contribution is 5.51. The van der Waals surface area contributed by atoms with E-state index >= 15 is 0 Å².